The van der Waals surface area contributed by atoms with Gasteiger partial charge in [0.05, 0.1) is 5.39 Å². The van der Waals surface area contributed by atoms with Crippen LogP contribution in [0.4, 0.5) is 5.82 Å². The number of rotatable bonds is 1. The van der Waals surface area contributed by atoms with E-state index in [1.165, 1.54) is 6.20 Å². The first kappa shape index (κ1) is 7.92. The van der Waals surface area contributed by atoms with Crippen LogP contribution in [-0.4, -0.2) is 4.98 Å². The largest absolute Gasteiger partial charge is 0.483 e. The molecule has 4 nitrogen and oxygen atoms in total. The molecule has 0 spiro atoms. The van der Waals surface area contributed by atoms with Crippen LogP contribution in [0.3, 0.4) is 0 Å². The number of pyridine rings is 1. The van der Waals surface area contributed by atoms with Crippen LogP contribution in [0.2, 0.25) is 5.02 Å². The van der Waals surface area contributed by atoms with E-state index in [1.807, 2.05) is 0 Å². The fourth-order valence-corrected chi connectivity index (χ4v) is 0.882. The molecule has 0 saturated heterocycles. The Labute approximate surface area is 68.6 Å². The molecule has 0 aliphatic heterocycles. The number of aromatic nitrogens is 1. The van der Waals surface area contributed by atoms with Gasteiger partial charge in [-0.3, -0.25) is 0 Å². The lowest BCUT2D eigenvalue weighted by atomic mass is 10.3. The van der Waals surface area contributed by atoms with E-state index in [2.05, 4.69) is 9.96 Å². The average Bonchev–Trinajstić information content (AvgIpc) is 2.04. The van der Waals surface area contributed by atoms with E-state index >= 15 is 0 Å². The van der Waals surface area contributed by atoms with Gasteiger partial charge in [0.2, 0.25) is 0 Å². The van der Waals surface area contributed by atoms with Gasteiger partial charge in [0.1, 0.15) is 6.20 Å². The Morgan fingerprint density at radius 1 is 1.73 bits per heavy atom. The maximum atomic E-state index is 8.33. The highest BCUT2D eigenvalue weighted by molar-refractivity contribution is 6.33. The first-order valence-electron chi connectivity index (χ1n) is 2.97. The summed E-state index contributed by atoms with van der Waals surface area (Å²) in [6.07, 6.45) is 1.51. The molecule has 0 bridgehead atoms. The molecule has 0 radical (unpaired) electrons. The zero-order valence-electron chi connectivity index (χ0n) is 5.66. The molecule has 0 amide bonds. The average molecular weight is 170 g/mol. The van der Waals surface area contributed by atoms with Crippen LogP contribution in [0.15, 0.2) is 12.3 Å². The second-order valence-corrected chi connectivity index (χ2v) is 2.36. The summed E-state index contributed by atoms with van der Waals surface area (Å²) in [5.41, 5.74) is 6.13. The highest BCUT2D eigenvalue weighted by Gasteiger charge is 2.12. The Bertz CT molecular complexity index is 304. The number of hydrogen-bond donors (Lipinski definition) is 1. The Kier molecular flexibility index (Phi) is 2.36. The smallest absolute Gasteiger partial charge is 0.326 e. The summed E-state index contributed by atoms with van der Waals surface area (Å²) >= 11 is 5.64. The standard InChI is InChI=1S/C6H6ClN4/c7-5-1-4(2-8)3-10-6(5)11-9/h1,3H,2,8H2/q+1. The molecule has 56 valence electrons. The van der Waals surface area contributed by atoms with E-state index in [0.717, 1.165) is 5.56 Å². The maximum absolute atomic E-state index is 8.33. The molecule has 0 aliphatic carbocycles. The van der Waals surface area contributed by atoms with Gasteiger partial charge in [-0.15, -0.1) is 0 Å². The topological polar surface area (TPSA) is 67.1 Å². The summed E-state index contributed by atoms with van der Waals surface area (Å²) in [5.74, 6) is 0.115. The summed E-state index contributed by atoms with van der Waals surface area (Å²) in [4.78, 5) is 6.60. The Balaban J connectivity index is 3.12. The third-order valence-corrected chi connectivity index (χ3v) is 1.49. The minimum atomic E-state index is 0.115. The molecule has 1 aromatic rings. The molecule has 0 aliphatic rings. The lowest BCUT2D eigenvalue weighted by Gasteiger charge is -1.89. The fourth-order valence-electron chi connectivity index (χ4n) is 0.656. The van der Waals surface area contributed by atoms with Gasteiger partial charge in [0.25, 0.3) is 0 Å². The molecule has 0 fully saturated rings. The minimum absolute atomic E-state index is 0.115. The molecule has 0 atom stereocenters. The van der Waals surface area contributed by atoms with Gasteiger partial charge in [-0.05, 0) is 11.1 Å². The van der Waals surface area contributed by atoms with Crippen LogP contribution in [0.1, 0.15) is 5.56 Å². The van der Waals surface area contributed by atoms with E-state index in [0.29, 0.717) is 11.6 Å². The minimum Gasteiger partial charge on any atom is -0.326 e. The van der Waals surface area contributed by atoms with Gasteiger partial charge in [0.15, 0.2) is 5.02 Å². The summed E-state index contributed by atoms with van der Waals surface area (Å²) in [5, 5.41) is 8.63. The van der Waals surface area contributed by atoms with E-state index in [9.17, 15) is 0 Å². The molecule has 2 N–H and O–H groups in total. The van der Waals surface area contributed by atoms with E-state index in [1.54, 1.807) is 6.07 Å². The molecule has 0 unspecified atom stereocenters. The number of nitrogens with two attached hydrogens (primary N) is 1. The lowest BCUT2D eigenvalue weighted by Crippen LogP contribution is -1.96. The SMILES string of the molecule is N#[N+]c1ncc(CN)cc1Cl. The van der Waals surface area contributed by atoms with Crippen LogP contribution < -0.4 is 5.73 Å². The lowest BCUT2D eigenvalue weighted by molar-refractivity contribution is 1.05. The van der Waals surface area contributed by atoms with Crippen molar-refractivity contribution in [1.29, 1.82) is 5.39 Å². The molecular formula is C6H6ClN4+. The molecule has 1 rings (SSSR count). The third-order valence-electron chi connectivity index (χ3n) is 1.21. The van der Waals surface area contributed by atoms with Crippen LogP contribution >= 0.6 is 11.6 Å². The second kappa shape index (κ2) is 3.28. The van der Waals surface area contributed by atoms with Gasteiger partial charge in [-0.25, -0.2) is 0 Å². The summed E-state index contributed by atoms with van der Waals surface area (Å²) in [6.45, 7) is 0.373. The predicted molar refractivity (Wildman–Crippen MR) is 41.9 cm³/mol. The first-order valence-corrected chi connectivity index (χ1v) is 3.35. The fraction of sp³-hybridized carbons (Fsp3) is 0.167. The summed E-state index contributed by atoms with van der Waals surface area (Å²) in [6, 6.07) is 1.61. The van der Waals surface area contributed by atoms with Crippen LogP contribution in [0.25, 0.3) is 4.98 Å². The van der Waals surface area contributed by atoms with Crippen molar-refractivity contribution in [3.8, 4) is 0 Å². The summed E-state index contributed by atoms with van der Waals surface area (Å²) < 4.78 is 0. The van der Waals surface area contributed by atoms with Gasteiger partial charge < -0.3 is 5.73 Å². The second-order valence-electron chi connectivity index (χ2n) is 1.95. The molecule has 0 saturated carbocycles. The molecule has 0 aromatic carbocycles. The molecule has 5 heteroatoms. The first-order chi connectivity index (χ1) is 5.27. The Hall–Kier alpha value is -1.18. The van der Waals surface area contributed by atoms with Gasteiger partial charge >= 0.3 is 5.82 Å². The monoisotopic (exact) mass is 169 g/mol. The van der Waals surface area contributed by atoms with E-state index < -0.39 is 0 Å². The third kappa shape index (κ3) is 1.64. The van der Waals surface area contributed by atoms with Crippen molar-refractivity contribution < 1.29 is 0 Å². The van der Waals surface area contributed by atoms with Crippen molar-refractivity contribution in [2.24, 2.45) is 5.73 Å². The van der Waals surface area contributed by atoms with Gasteiger partial charge in [-0.1, -0.05) is 11.6 Å². The number of diazo groups is 1. The highest BCUT2D eigenvalue weighted by atomic mass is 35.5. The molecule has 11 heavy (non-hydrogen) atoms. The van der Waals surface area contributed by atoms with Crippen molar-refractivity contribution in [2.75, 3.05) is 0 Å². The zero-order chi connectivity index (χ0) is 8.27. The number of hydrogen-bond acceptors (Lipinski definition) is 3. The number of nitrogens with zero attached hydrogens (tertiary/aromatic N) is 3. The summed E-state index contributed by atoms with van der Waals surface area (Å²) in [7, 11) is 0. The van der Waals surface area contributed by atoms with E-state index in [4.69, 9.17) is 22.7 Å². The highest BCUT2D eigenvalue weighted by Crippen LogP contribution is 2.21. The van der Waals surface area contributed by atoms with Crippen molar-refractivity contribution in [2.45, 2.75) is 6.54 Å². The van der Waals surface area contributed by atoms with Crippen molar-refractivity contribution in [3.05, 3.63) is 27.8 Å². The quantitative estimate of drug-likeness (QED) is 0.651. The number of halogens is 1. The van der Waals surface area contributed by atoms with Crippen molar-refractivity contribution in [3.63, 3.8) is 0 Å². The van der Waals surface area contributed by atoms with Crippen molar-refractivity contribution in [1.82, 2.24) is 4.98 Å². The molecule has 1 heterocycles. The van der Waals surface area contributed by atoms with E-state index in [-0.39, 0.29) is 5.82 Å². The van der Waals surface area contributed by atoms with Gasteiger partial charge in [-0.2, -0.15) is 0 Å². The zero-order valence-corrected chi connectivity index (χ0v) is 6.41. The van der Waals surface area contributed by atoms with Crippen LogP contribution in [0.5, 0.6) is 0 Å². The molecular weight excluding hydrogens is 164 g/mol. The van der Waals surface area contributed by atoms with Crippen LogP contribution in [0, 0.1) is 5.39 Å². The van der Waals surface area contributed by atoms with Crippen molar-refractivity contribution >= 4 is 17.4 Å². The van der Waals surface area contributed by atoms with Crippen LogP contribution in [-0.2, 0) is 6.54 Å². The van der Waals surface area contributed by atoms with Gasteiger partial charge in [0, 0.05) is 17.1 Å². The maximum Gasteiger partial charge on any atom is 0.483 e. The molecule has 1 aromatic heterocycles. The Morgan fingerprint density at radius 2 is 2.45 bits per heavy atom. The predicted octanol–water partition coefficient (Wildman–Crippen LogP) is 1.68. The normalized spacial score (nSPS) is 9.18. The Morgan fingerprint density at radius 3 is 2.91 bits per heavy atom.